The van der Waals surface area contributed by atoms with Crippen LogP contribution in [0.1, 0.15) is 16.1 Å². The van der Waals surface area contributed by atoms with Crippen molar-refractivity contribution in [2.24, 2.45) is 0 Å². The molecule has 2 N–H and O–H groups in total. The van der Waals surface area contributed by atoms with Gasteiger partial charge in [0.1, 0.15) is 11.3 Å². The second kappa shape index (κ2) is 6.31. The summed E-state index contributed by atoms with van der Waals surface area (Å²) in [5.41, 5.74) is -0.0535. The van der Waals surface area contributed by atoms with E-state index in [1.165, 1.54) is 17.2 Å². The number of aliphatic hydroxyl groups excluding tert-OH is 1. The van der Waals surface area contributed by atoms with Crippen LogP contribution in [0.5, 0.6) is 0 Å². The zero-order chi connectivity index (χ0) is 12.8. The molecule has 0 unspecified atom stereocenters. The zero-order valence-electron chi connectivity index (χ0n) is 8.97. The number of hydrogen-bond donors (Lipinski definition) is 2. The van der Waals surface area contributed by atoms with E-state index in [1.807, 2.05) is 0 Å². The Morgan fingerprint density at radius 3 is 2.76 bits per heavy atom. The molecule has 1 aromatic heterocycles. The number of carbonyl (C=O) groups is 1. The van der Waals surface area contributed by atoms with Crippen molar-refractivity contribution >= 4 is 5.97 Å². The van der Waals surface area contributed by atoms with Gasteiger partial charge in [-0.05, 0) is 6.07 Å². The number of halogens is 2. The molecule has 7 heteroatoms. The summed E-state index contributed by atoms with van der Waals surface area (Å²) in [5, 5.41) is 17.5. The number of alkyl halides is 2. The topological polar surface area (TPSA) is 73.9 Å². The van der Waals surface area contributed by atoms with Gasteiger partial charge in [0.05, 0.1) is 26.0 Å². The predicted octanol–water partition coefficient (Wildman–Crippen LogP) is 1.04. The first-order valence-electron chi connectivity index (χ1n) is 4.95. The highest BCUT2D eigenvalue weighted by molar-refractivity contribution is 5.88. The summed E-state index contributed by atoms with van der Waals surface area (Å²) in [6.45, 7) is -0.861. The lowest BCUT2D eigenvalue weighted by molar-refractivity contribution is 0.0668. The molecule has 1 heterocycles. The number of carboxylic acids is 1. The van der Waals surface area contributed by atoms with Crippen LogP contribution in [0.3, 0.4) is 0 Å². The highest BCUT2D eigenvalue weighted by Gasteiger charge is 2.18. The van der Waals surface area contributed by atoms with Gasteiger partial charge in [0.25, 0.3) is 6.43 Å². The highest BCUT2D eigenvalue weighted by Crippen LogP contribution is 2.14. The fraction of sp³-hybridized carbons (Fsp3) is 0.500. The van der Waals surface area contributed by atoms with Gasteiger partial charge in [0, 0.05) is 6.54 Å². The van der Waals surface area contributed by atoms with E-state index in [-0.39, 0.29) is 31.0 Å². The first kappa shape index (κ1) is 13.6. The van der Waals surface area contributed by atoms with Crippen LogP contribution in [-0.4, -0.2) is 47.2 Å². The standard InChI is InChI=1S/C10H13F2NO4/c11-9(12)6-13(2-3-14)5-8-7(10(15)16)1-4-17-8/h1,4,9,14H,2-3,5-6H2,(H,15,16). The fourth-order valence-electron chi connectivity index (χ4n) is 1.43. The Kier molecular flexibility index (Phi) is 5.05. The van der Waals surface area contributed by atoms with Gasteiger partial charge in [0.15, 0.2) is 0 Å². The summed E-state index contributed by atoms with van der Waals surface area (Å²) in [6, 6.07) is 1.26. The molecule has 0 amide bonds. The molecule has 0 bridgehead atoms. The first-order chi connectivity index (χ1) is 8.04. The third-order valence-electron chi connectivity index (χ3n) is 2.16. The van der Waals surface area contributed by atoms with E-state index in [4.69, 9.17) is 14.6 Å². The molecule has 0 saturated carbocycles. The maximum absolute atomic E-state index is 12.2. The number of hydrogen-bond acceptors (Lipinski definition) is 4. The summed E-state index contributed by atoms with van der Waals surface area (Å²) in [4.78, 5) is 12.0. The molecular weight excluding hydrogens is 236 g/mol. The molecule has 0 aliphatic carbocycles. The van der Waals surface area contributed by atoms with Crippen LogP contribution in [0.25, 0.3) is 0 Å². The van der Waals surface area contributed by atoms with E-state index in [0.29, 0.717) is 0 Å². The van der Waals surface area contributed by atoms with Crippen molar-refractivity contribution in [2.75, 3.05) is 19.7 Å². The van der Waals surface area contributed by atoms with Crippen molar-refractivity contribution < 1.29 is 28.2 Å². The molecule has 17 heavy (non-hydrogen) atoms. The summed E-state index contributed by atoms with van der Waals surface area (Å²) in [6.07, 6.45) is -1.36. The number of carboxylic acid groups (broad SMARTS) is 1. The third kappa shape index (κ3) is 4.12. The second-order valence-corrected chi connectivity index (χ2v) is 3.41. The lowest BCUT2D eigenvalue weighted by atomic mass is 10.2. The lowest BCUT2D eigenvalue weighted by Crippen LogP contribution is -2.31. The van der Waals surface area contributed by atoms with Crippen LogP contribution in [0, 0.1) is 0 Å². The van der Waals surface area contributed by atoms with E-state index in [2.05, 4.69) is 0 Å². The Bertz CT molecular complexity index is 367. The monoisotopic (exact) mass is 249 g/mol. The van der Waals surface area contributed by atoms with Crippen LogP contribution in [0.4, 0.5) is 8.78 Å². The minimum absolute atomic E-state index is 0.0318. The molecule has 96 valence electrons. The van der Waals surface area contributed by atoms with E-state index in [0.717, 1.165) is 0 Å². The summed E-state index contributed by atoms with van der Waals surface area (Å²) >= 11 is 0. The van der Waals surface area contributed by atoms with Crippen molar-refractivity contribution in [3.63, 3.8) is 0 Å². The van der Waals surface area contributed by atoms with Gasteiger partial charge >= 0.3 is 5.97 Å². The molecule has 0 radical (unpaired) electrons. The smallest absolute Gasteiger partial charge is 0.339 e. The maximum atomic E-state index is 12.2. The molecule has 0 atom stereocenters. The van der Waals surface area contributed by atoms with Gasteiger partial charge in [-0.3, -0.25) is 4.90 Å². The summed E-state index contributed by atoms with van der Waals surface area (Å²) in [7, 11) is 0. The molecule has 5 nitrogen and oxygen atoms in total. The van der Waals surface area contributed by atoms with Crippen molar-refractivity contribution in [3.8, 4) is 0 Å². The van der Waals surface area contributed by atoms with E-state index in [9.17, 15) is 13.6 Å². The Morgan fingerprint density at radius 2 is 2.24 bits per heavy atom. The molecule has 0 saturated heterocycles. The largest absolute Gasteiger partial charge is 0.478 e. The Labute approximate surface area is 96.3 Å². The number of furan rings is 1. The maximum Gasteiger partial charge on any atom is 0.339 e. The van der Waals surface area contributed by atoms with E-state index < -0.39 is 18.9 Å². The van der Waals surface area contributed by atoms with Crippen molar-refractivity contribution in [3.05, 3.63) is 23.7 Å². The van der Waals surface area contributed by atoms with Crippen molar-refractivity contribution in [1.29, 1.82) is 0 Å². The first-order valence-corrected chi connectivity index (χ1v) is 4.95. The zero-order valence-corrected chi connectivity index (χ0v) is 8.97. The molecule has 1 rings (SSSR count). The predicted molar refractivity (Wildman–Crippen MR) is 54.0 cm³/mol. The van der Waals surface area contributed by atoms with Gasteiger partial charge in [-0.2, -0.15) is 0 Å². The fourth-order valence-corrected chi connectivity index (χ4v) is 1.43. The third-order valence-corrected chi connectivity index (χ3v) is 2.16. The minimum Gasteiger partial charge on any atom is -0.478 e. The van der Waals surface area contributed by atoms with Gasteiger partial charge in [0.2, 0.25) is 0 Å². The molecule has 0 fully saturated rings. The van der Waals surface area contributed by atoms with Crippen molar-refractivity contribution in [2.45, 2.75) is 13.0 Å². The quantitative estimate of drug-likeness (QED) is 0.755. The molecule has 0 spiro atoms. The highest BCUT2D eigenvalue weighted by atomic mass is 19.3. The van der Waals surface area contributed by atoms with Crippen LogP contribution in [0.15, 0.2) is 16.7 Å². The SMILES string of the molecule is O=C(O)c1ccoc1CN(CCO)CC(F)F. The number of nitrogens with zero attached hydrogens (tertiary/aromatic N) is 1. The van der Waals surface area contributed by atoms with Crippen LogP contribution < -0.4 is 0 Å². The average molecular weight is 249 g/mol. The van der Waals surface area contributed by atoms with Gasteiger partial charge < -0.3 is 14.6 Å². The van der Waals surface area contributed by atoms with Crippen LogP contribution >= 0.6 is 0 Å². The van der Waals surface area contributed by atoms with Gasteiger partial charge in [-0.1, -0.05) is 0 Å². The number of aromatic carboxylic acids is 1. The molecule has 1 aromatic rings. The Morgan fingerprint density at radius 1 is 1.53 bits per heavy atom. The summed E-state index contributed by atoms with van der Waals surface area (Å²) in [5.74, 6) is -1.07. The van der Waals surface area contributed by atoms with Gasteiger partial charge in [-0.15, -0.1) is 0 Å². The minimum atomic E-state index is -2.55. The van der Waals surface area contributed by atoms with Gasteiger partial charge in [-0.25, -0.2) is 13.6 Å². The molecule has 0 aliphatic rings. The van der Waals surface area contributed by atoms with Crippen molar-refractivity contribution in [1.82, 2.24) is 4.90 Å². The van der Waals surface area contributed by atoms with Crippen LogP contribution in [0.2, 0.25) is 0 Å². The molecule has 0 aromatic carbocycles. The molecular formula is C10H13F2NO4. The second-order valence-electron chi connectivity index (χ2n) is 3.41. The lowest BCUT2D eigenvalue weighted by Gasteiger charge is -2.19. The Hall–Kier alpha value is -1.47. The molecule has 0 aliphatic heterocycles. The average Bonchev–Trinajstić information content (AvgIpc) is 2.65. The number of aliphatic hydroxyl groups is 1. The van der Waals surface area contributed by atoms with E-state index in [1.54, 1.807) is 0 Å². The normalized spacial score (nSPS) is 11.4. The summed E-state index contributed by atoms with van der Waals surface area (Å²) < 4.78 is 29.4. The van der Waals surface area contributed by atoms with Crippen LogP contribution in [-0.2, 0) is 6.54 Å². The Balaban J connectivity index is 2.71. The number of rotatable bonds is 7. The van der Waals surface area contributed by atoms with E-state index >= 15 is 0 Å².